The number of halogens is 1. The van der Waals surface area contributed by atoms with E-state index in [1.54, 1.807) is 0 Å². The summed E-state index contributed by atoms with van der Waals surface area (Å²) in [6, 6.07) is 12.2. The van der Waals surface area contributed by atoms with E-state index in [0.717, 1.165) is 34.9 Å². The Hall–Kier alpha value is -1.61. The number of alkyl halides is 1. The van der Waals surface area contributed by atoms with E-state index < -0.39 is 6.67 Å². The van der Waals surface area contributed by atoms with Crippen LogP contribution in [0.2, 0.25) is 0 Å². The maximum atomic E-state index is 12.3. The van der Waals surface area contributed by atoms with E-state index in [2.05, 4.69) is 19.1 Å². The van der Waals surface area contributed by atoms with Crippen LogP contribution in [0.1, 0.15) is 18.9 Å². The number of benzene rings is 2. The third-order valence-electron chi connectivity index (χ3n) is 3.32. The predicted molar refractivity (Wildman–Crippen MR) is 77.4 cm³/mol. The van der Waals surface area contributed by atoms with Crippen LogP contribution in [-0.4, -0.2) is 19.3 Å². The molecule has 0 fully saturated rings. The maximum absolute atomic E-state index is 12.3. The van der Waals surface area contributed by atoms with Gasteiger partial charge in [-0.15, -0.1) is 0 Å². The van der Waals surface area contributed by atoms with Crippen LogP contribution in [0.3, 0.4) is 0 Å². The molecule has 2 nitrogen and oxygen atoms in total. The van der Waals surface area contributed by atoms with Crippen LogP contribution >= 0.6 is 0 Å². The molecule has 0 heterocycles. The second kappa shape index (κ2) is 6.53. The zero-order chi connectivity index (χ0) is 13.7. The molecule has 2 aromatic rings. The molecule has 0 radical (unpaired) electrons. The number of fused-ring (bicyclic) bond motifs is 1. The topological polar surface area (TPSA) is 35.2 Å². The zero-order valence-corrected chi connectivity index (χ0v) is 11.2. The van der Waals surface area contributed by atoms with Crippen molar-refractivity contribution in [3.05, 3.63) is 42.0 Å². The summed E-state index contributed by atoms with van der Waals surface area (Å²) in [6.45, 7) is 1.68. The number of nitrogens with two attached hydrogens (primary N) is 1. The first-order chi connectivity index (χ1) is 9.26. The monoisotopic (exact) mass is 261 g/mol. The maximum Gasteiger partial charge on any atom is 0.123 e. The average molecular weight is 261 g/mol. The van der Waals surface area contributed by atoms with Gasteiger partial charge in [0.05, 0.1) is 0 Å². The molecule has 2 aromatic carbocycles. The van der Waals surface area contributed by atoms with E-state index in [9.17, 15) is 4.39 Å². The van der Waals surface area contributed by atoms with Gasteiger partial charge < -0.3 is 10.5 Å². The fourth-order valence-corrected chi connectivity index (χ4v) is 2.22. The fourth-order valence-electron chi connectivity index (χ4n) is 2.22. The van der Waals surface area contributed by atoms with Crippen LogP contribution in [0.25, 0.3) is 10.8 Å². The molecule has 19 heavy (non-hydrogen) atoms. The van der Waals surface area contributed by atoms with Gasteiger partial charge in [0.15, 0.2) is 0 Å². The molecule has 0 aliphatic carbocycles. The zero-order valence-electron chi connectivity index (χ0n) is 11.2. The minimum absolute atomic E-state index is 0.0900. The van der Waals surface area contributed by atoms with Crippen molar-refractivity contribution >= 4 is 10.8 Å². The van der Waals surface area contributed by atoms with E-state index in [0.29, 0.717) is 0 Å². The van der Waals surface area contributed by atoms with Crippen LogP contribution in [0.5, 0.6) is 5.75 Å². The molecule has 0 saturated heterocycles. The highest BCUT2D eigenvalue weighted by atomic mass is 19.1. The standard InChI is InChI=1S/C16H20FNO/c1-2-13(18)11-15-14-6-4-3-5-12(14)7-8-16(15)19-10-9-17/h3-8,13H,2,9-11,18H2,1H3. The van der Waals surface area contributed by atoms with Gasteiger partial charge in [-0.2, -0.15) is 0 Å². The SMILES string of the molecule is CCC(N)Cc1c(OCCF)ccc2ccccc12. The van der Waals surface area contributed by atoms with Crippen molar-refractivity contribution < 1.29 is 9.13 Å². The van der Waals surface area contributed by atoms with Crippen molar-refractivity contribution in [1.82, 2.24) is 0 Å². The molecular formula is C16H20FNO. The molecule has 0 amide bonds. The van der Waals surface area contributed by atoms with Gasteiger partial charge in [0.2, 0.25) is 0 Å². The summed E-state index contributed by atoms with van der Waals surface area (Å²) in [5, 5.41) is 2.30. The van der Waals surface area contributed by atoms with Crippen molar-refractivity contribution in [3.8, 4) is 5.75 Å². The highest BCUT2D eigenvalue weighted by Crippen LogP contribution is 2.29. The second-order valence-electron chi connectivity index (χ2n) is 4.67. The Morgan fingerprint density at radius 2 is 2.00 bits per heavy atom. The molecule has 0 spiro atoms. The Balaban J connectivity index is 2.44. The van der Waals surface area contributed by atoms with Gasteiger partial charge in [0.1, 0.15) is 19.0 Å². The van der Waals surface area contributed by atoms with E-state index >= 15 is 0 Å². The molecule has 0 aromatic heterocycles. The quantitative estimate of drug-likeness (QED) is 0.864. The summed E-state index contributed by atoms with van der Waals surface area (Å²) in [4.78, 5) is 0. The fraction of sp³-hybridized carbons (Fsp3) is 0.375. The minimum atomic E-state index is -0.480. The Morgan fingerprint density at radius 1 is 1.21 bits per heavy atom. The predicted octanol–water partition coefficient (Wildman–Crippen LogP) is 3.47. The van der Waals surface area contributed by atoms with Gasteiger partial charge in [-0.25, -0.2) is 4.39 Å². The van der Waals surface area contributed by atoms with Crippen molar-refractivity contribution in [2.45, 2.75) is 25.8 Å². The lowest BCUT2D eigenvalue weighted by Crippen LogP contribution is -2.22. The summed E-state index contributed by atoms with van der Waals surface area (Å²) >= 11 is 0. The highest BCUT2D eigenvalue weighted by Gasteiger charge is 2.12. The molecule has 0 aliphatic heterocycles. The van der Waals surface area contributed by atoms with Gasteiger partial charge >= 0.3 is 0 Å². The van der Waals surface area contributed by atoms with E-state index in [1.165, 1.54) is 0 Å². The Kier molecular flexibility index (Phi) is 4.74. The lowest BCUT2D eigenvalue weighted by Gasteiger charge is -2.16. The van der Waals surface area contributed by atoms with E-state index in [1.807, 2.05) is 24.3 Å². The second-order valence-corrected chi connectivity index (χ2v) is 4.67. The van der Waals surface area contributed by atoms with Crippen LogP contribution in [-0.2, 0) is 6.42 Å². The third kappa shape index (κ3) is 3.24. The van der Waals surface area contributed by atoms with Gasteiger partial charge in [0, 0.05) is 11.6 Å². The summed E-state index contributed by atoms with van der Waals surface area (Å²) < 4.78 is 17.8. The molecule has 0 saturated carbocycles. The first kappa shape index (κ1) is 13.8. The summed E-state index contributed by atoms with van der Waals surface area (Å²) in [5.74, 6) is 0.750. The summed E-state index contributed by atoms with van der Waals surface area (Å²) in [5.41, 5.74) is 7.15. The summed E-state index contributed by atoms with van der Waals surface area (Å²) in [6.07, 6.45) is 1.66. The van der Waals surface area contributed by atoms with Crippen molar-refractivity contribution in [3.63, 3.8) is 0 Å². The first-order valence-electron chi connectivity index (χ1n) is 6.71. The average Bonchev–Trinajstić information content (AvgIpc) is 2.46. The third-order valence-corrected chi connectivity index (χ3v) is 3.32. The lowest BCUT2D eigenvalue weighted by atomic mass is 9.97. The van der Waals surface area contributed by atoms with Crippen LogP contribution in [0.4, 0.5) is 4.39 Å². The van der Waals surface area contributed by atoms with Crippen molar-refractivity contribution in [1.29, 1.82) is 0 Å². The molecule has 102 valence electrons. The van der Waals surface area contributed by atoms with Crippen molar-refractivity contribution in [2.24, 2.45) is 5.73 Å². The van der Waals surface area contributed by atoms with Gasteiger partial charge in [0.25, 0.3) is 0 Å². The highest BCUT2D eigenvalue weighted by molar-refractivity contribution is 5.87. The number of hydrogen-bond acceptors (Lipinski definition) is 2. The molecular weight excluding hydrogens is 241 g/mol. The molecule has 0 bridgehead atoms. The Labute approximate surface area is 113 Å². The van der Waals surface area contributed by atoms with E-state index in [-0.39, 0.29) is 12.6 Å². The normalized spacial score (nSPS) is 12.6. The van der Waals surface area contributed by atoms with Gasteiger partial charge in [-0.3, -0.25) is 0 Å². The molecule has 2 rings (SSSR count). The molecule has 2 N–H and O–H groups in total. The number of ether oxygens (including phenoxy) is 1. The largest absolute Gasteiger partial charge is 0.491 e. The number of rotatable bonds is 6. The van der Waals surface area contributed by atoms with Gasteiger partial charge in [-0.05, 0) is 29.7 Å². The summed E-state index contributed by atoms with van der Waals surface area (Å²) in [7, 11) is 0. The van der Waals surface area contributed by atoms with Crippen LogP contribution in [0.15, 0.2) is 36.4 Å². The Morgan fingerprint density at radius 3 is 2.74 bits per heavy atom. The molecule has 3 heteroatoms. The van der Waals surface area contributed by atoms with Crippen LogP contribution in [0, 0.1) is 0 Å². The molecule has 1 unspecified atom stereocenters. The van der Waals surface area contributed by atoms with Crippen LogP contribution < -0.4 is 10.5 Å². The number of hydrogen-bond donors (Lipinski definition) is 1. The van der Waals surface area contributed by atoms with Crippen molar-refractivity contribution in [2.75, 3.05) is 13.3 Å². The minimum Gasteiger partial charge on any atom is -0.491 e. The first-order valence-corrected chi connectivity index (χ1v) is 6.71. The molecule has 0 aliphatic rings. The Bertz CT molecular complexity index is 541. The van der Waals surface area contributed by atoms with Gasteiger partial charge in [-0.1, -0.05) is 37.3 Å². The smallest absolute Gasteiger partial charge is 0.123 e. The lowest BCUT2D eigenvalue weighted by molar-refractivity contribution is 0.271. The molecule has 1 atom stereocenters. The van der Waals surface area contributed by atoms with E-state index in [4.69, 9.17) is 10.5 Å².